The van der Waals surface area contributed by atoms with Crippen LogP contribution in [-0.2, 0) is 6.54 Å². The fourth-order valence-corrected chi connectivity index (χ4v) is 1.99. The summed E-state index contributed by atoms with van der Waals surface area (Å²) in [5.74, 6) is 0.706. The molecule has 2 N–H and O–H groups in total. The molecule has 1 aliphatic rings. The van der Waals surface area contributed by atoms with Gasteiger partial charge in [-0.1, -0.05) is 10.3 Å². The van der Waals surface area contributed by atoms with Crippen molar-refractivity contribution in [1.82, 2.24) is 15.2 Å². The summed E-state index contributed by atoms with van der Waals surface area (Å²) in [6.45, 7) is 5.81. The molecule has 17 heavy (non-hydrogen) atoms. The van der Waals surface area contributed by atoms with E-state index in [4.69, 9.17) is 5.73 Å². The molecule has 1 fully saturated rings. The van der Waals surface area contributed by atoms with Gasteiger partial charge in [0.05, 0.1) is 0 Å². The van der Waals surface area contributed by atoms with Crippen LogP contribution in [0.15, 0.2) is 4.63 Å². The SMILES string of the molecule is Cc1nonc1CN1CCC(CN)CC1.Cl.Cl. The number of piperidine rings is 1. The van der Waals surface area contributed by atoms with Crippen molar-refractivity contribution < 1.29 is 4.63 Å². The van der Waals surface area contributed by atoms with Gasteiger partial charge in [-0.2, -0.15) is 0 Å². The first-order chi connectivity index (χ1) is 7.29. The minimum Gasteiger partial charge on any atom is -0.330 e. The summed E-state index contributed by atoms with van der Waals surface area (Å²) in [5, 5.41) is 7.68. The third-order valence-electron chi connectivity index (χ3n) is 3.16. The lowest BCUT2D eigenvalue weighted by Gasteiger charge is -2.30. The number of halogens is 2. The van der Waals surface area contributed by atoms with Gasteiger partial charge in [0.2, 0.25) is 0 Å². The molecule has 1 saturated heterocycles. The zero-order chi connectivity index (χ0) is 10.7. The lowest BCUT2D eigenvalue weighted by atomic mass is 9.97. The monoisotopic (exact) mass is 282 g/mol. The van der Waals surface area contributed by atoms with Crippen LogP contribution in [0.2, 0.25) is 0 Å². The Bertz CT molecular complexity index is 313. The number of likely N-dealkylation sites (tertiary alicyclic amines) is 1. The third-order valence-corrected chi connectivity index (χ3v) is 3.16. The largest absolute Gasteiger partial charge is 0.330 e. The van der Waals surface area contributed by atoms with Crippen molar-refractivity contribution in [2.45, 2.75) is 26.3 Å². The molecule has 0 aliphatic carbocycles. The molecule has 100 valence electrons. The normalized spacial score (nSPS) is 17.3. The maximum absolute atomic E-state index is 5.65. The van der Waals surface area contributed by atoms with Gasteiger partial charge in [-0.05, 0) is 45.3 Å². The van der Waals surface area contributed by atoms with E-state index in [1.54, 1.807) is 0 Å². The summed E-state index contributed by atoms with van der Waals surface area (Å²) in [6.07, 6.45) is 2.39. The van der Waals surface area contributed by atoms with E-state index >= 15 is 0 Å². The number of hydrogen-bond acceptors (Lipinski definition) is 5. The number of rotatable bonds is 3. The van der Waals surface area contributed by atoms with Crippen molar-refractivity contribution in [3.05, 3.63) is 11.4 Å². The smallest absolute Gasteiger partial charge is 0.122 e. The Morgan fingerprint density at radius 3 is 2.41 bits per heavy atom. The maximum Gasteiger partial charge on any atom is 0.122 e. The molecule has 0 spiro atoms. The highest BCUT2D eigenvalue weighted by Gasteiger charge is 2.19. The maximum atomic E-state index is 5.65. The highest BCUT2D eigenvalue weighted by molar-refractivity contribution is 5.85. The van der Waals surface area contributed by atoms with E-state index < -0.39 is 0 Å². The number of nitrogens with two attached hydrogens (primary N) is 1. The molecule has 0 unspecified atom stereocenters. The molecule has 5 nitrogen and oxygen atoms in total. The molecular weight excluding hydrogens is 263 g/mol. The van der Waals surface area contributed by atoms with Crippen LogP contribution in [0.25, 0.3) is 0 Å². The van der Waals surface area contributed by atoms with Crippen LogP contribution in [0.3, 0.4) is 0 Å². The van der Waals surface area contributed by atoms with Crippen molar-refractivity contribution in [3.63, 3.8) is 0 Å². The molecule has 0 atom stereocenters. The van der Waals surface area contributed by atoms with E-state index in [0.29, 0.717) is 5.92 Å². The topological polar surface area (TPSA) is 68.2 Å². The van der Waals surface area contributed by atoms with Crippen molar-refractivity contribution in [2.75, 3.05) is 19.6 Å². The summed E-state index contributed by atoms with van der Waals surface area (Å²) in [4.78, 5) is 2.39. The molecule has 2 rings (SSSR count). The van der Waals surface area contributed by atoms with Crippen LogP contribution in [0.4, 0.5) is 0 Å². The number of aromatic nitrogens is 2. The summed E-state index contributed by atoms with van der Waals surface area (Å²) < 4.78 is 4.68. The van der Waals surface area contributed by atoms with Crippen molar-refractivity contribution in [1.29, 1.82) is 0 Å². The molecule has 1 aromatic rings. The molecule has 2 heterocycles. The molecule has 1 aliphatic heterocycles. The van der Waals surface area contributed by atoms with Gasteiger partial charge in [-0.3, -0.25) is 4.90 Å². The minimum atomic E-state index is 0. The average molecular weight is 283 g/mol. The zero-order valence-electron chi connectivity index (χ0n) is 9.96. The summed E-state index contributed by atoms with van der Waals surface area (Å²) >= 11 is 0. The van der Waals surface area contributed by atoms with Gasteiger partial charge in [-0.15, -0.1) is 24.8 Å². The zero-order valence-corrected chi connectivity index (χ0v) is 11.6. The van der Waals surface area contributed by atoms with Gasteiger partial charge >= 0.3 is 0 Å². The lowest BCUT2D eigenvalue weighted by Crippen LogP contribution is -2.35. The summed E-state index contributed by atoms with van der Waals surface area (Å²) in [6, 6.07) is 0. The lowest BCUT2D eigenvalue weighted by molar-refractivity contribution is 0.175. The van der Waals surface area contributed by atoms with E-state index in [-0.39, 0.29) is 24.8 Å². The second-order valence-corrected chi connectivity index (χ2v) is 4.25. The van der Waals surface area contributed by atoms with E-state index in [9.17, 15) is 0 Å². The highest BCUT2D eigenvalue weighted by Crippen LogP contribution is 2.17. The first-order valence-electron chi connectivity index (χ1n) is 5.50. The van der Waals surface area contributed by atoms with Crippen LogP contribution in [0.5, 0.6) is 0 Å². The standard InChI is InChI=1S/C10H18N4O.2ClH/c1-8-10(13-15-12-8)7-14-4-2-9(6-11)3-5-14;;/h9H,2-7,11H2,1H3;2*1H. The minimum absolute atomic E-state index is 0. The van der Waals surface area contributed by atoms with Gasteiger partial charge < -0.3 is 5.73 Å². The van der Waals surface area contributed by atoms with Crippen molar-refractivity contribution in [3.8, 4) is 0 Å². The molecule has 0 aromatic carbocycles. The highest BCUT2D eigenvalue weighted by atomic mass is 35.5. The number of aryl methyl sites for hydroxylation is 1. The Balaban J connectivity index is 0.00000128. The van der Waals surface area contributed by atoms with Gasteiger partial charge in [0.25, 0.3) is 0 Å². The molecule has 0 saturated carbocycles. The third kappa shape index (κ3) is 4.43. The van der Waals surface area contributed by atoms with Crippen LogP contribution in [0.1, 0.15) is 24.2 Å². The number of nitrogens with zero attached hydrogens (tertiary/aromatic N) is 3. The van der Waals surface area contributed by atoms with Gasteiger partial charge in [0, 0.05) is 6.54 Å². The van der Waals surface area contributed by atoms with Gasteiger partial charge in [0.15, 0.2) is 0 Å². The Morgan fingerprint density at radius 2 is 1.94 bits per heavy atom. The molecule has 0 radical (unpaired) electrons. The fourth-order valence-electron chi connectivity index (χ4n) is 1.99. The summed E-state index contributed by atoms with van der Waals surface area (Å²) in [5.41, 5.74) is 7.51. The van der Waals surface area contributed by atoms with Crippen molar-refractivity contribution >= 4 is 24.8 Å². The van der Waals surface area contributed by atoms with Crippen LogP contribution in [-0.4, -0.2) is 34.8 Å². The molecule has 1 aromatic heterocycles. The summed E-state index contributed by atoms with van der Waals surface area (Å²) in [7, 11) is 0. The first-order valence-corrected chi connectivity index (χ1v) is 5.50. The number of hydrogen-bond donors (Lipinski definition) is 1. The Morgan fingerprint density at radius 1 is 1.29 bits per heavy atom. The van der Waals surface area contributed by atoms with E-state index in [1.165, 1.54) is 12.8 Å². The Labute approximate surface area is 114 Å². The van der Waals surface area contributed by atoms with Crippen molar-refractivity contribution in [2.24, 2.45) is 11.7 Å². The molecule has 7 heteroatoms. The van der Waals surface area contributed by atoms with Crippen LogP contribution < -0.4 is 5.73 Å². The first kappa shape index (κ1) is 16.6. The van der Waals surface area contributed by atoms with E-state index in [0.717, 1.165) is 37.6 Å². The quantitative estimate of drug-likeness (QED) is 0.908. The van der Waals surface area contributed by atoms with Crippen LogP contribution in [0, 0.1) is 12.8 Å². The van der Waals surface area contributed by atoms with E-state index in [1.807, 2.05) is 6.92 Å². The Kier molecular flexibility index (Phi) is 7.70. The van der Waals surface area contributed by atoms with Crippen LogP contribution >= 0.6 is 24.8 Å². The molecular formula is C10H20Cl2N4O. The van der Waals surface area contributed by atoms with E-state index in [2.05, 4.69) is 19.8 Å². The van der Waals surface area contributed by atoms with Gasteiger partial charge in [-0.25, -0.2) is 4.63 Å². The average Bonchev–Trinajstić information content (AvgIpc) is 2.66. The molecule has 0 amide bonds. The second-order valence-electron chi connectivity index (χ2n) is 4.25. The predicted molar refractivity (Wildman–Crippen MR) is 70.6 cm³/mol. The predicted octanol–water partition coefficient (Wildman–Crippen LogP) is 1.39. The Hall–Kier alpha value is -0.360. The second kappa shape index (κ2) is 7.87. The molecule has 0 bridgehead atoms. The van der Waals surface area contributed by atoms with Gasteiger partial charge in [0.1, 0.15) is 11.4 Å². The fraction of sp³-hybridized carbons (Fsp3) is 0.800.